The molecule has 1 aromatic heterocycles. The van der Waals surface area contributed by atoms with Gasteiger partial charge < -0.3 is 5.32 Å². The van der Waals surface area contributed by atoms with Crippen molar-refractivity contribution < 1.29 is 0 Å². The van der Waals surface area contributed by atoms with Crippen LogP contribution in [-0.2, 0) is 0 Å². The average molecular weight is 221 g/mol. The fourth-order valence-electron chi connectivity index (χ4n) is 1.28. The lowest BCUT2D eigenvalue weighted by Gasteiger charge is -2.05. The van der Waals surface area contributed by atoms with Crippen LogP contribution < -0.4 is 5.32 Å². The molecule has 0 atom stereocenters. The third-order valence-corrected chi connectivity index (χ3v) is 2.08. The van der Waals surface area contributed by atoms with Crippen molar-refractivity contribution in [2.75, 3.05) is 5.32 Å². The summed E-state index contributed by atoms with van der Waals surface area (Å²) in [5.74, 6) is 0.492. The van der Waals surface area contributed by atoms with Crippen LogP contribution in [0.3, 0.4) is 0 Å². The van der Waals surface area contributed by atoms with Crippen molar-refractivity contribution in [2.45, 2.75) is 0 Å². The largest absolute Gasteiger partial charge is 0.338 e. The molecule has 0 saturated carbocycles. The van der Waals surface area contributed by atoms with Gasteiger partial charge >= 0.3 is 0 Å². The second-order valence-electron chi connectivity index (χ2n) is 3.18. The summed E-state index contributed by atoms with van der Waals surface area (Å²) in [6, 6.07) is 11.1. The number of nitriles is 2. The van der Waals surface area contributed by atoms with Crippen molar-refractivity contribution in [3.8, 4) is 12.1 Å². The van der Waals surface area contributed by atoms with Crippen LogP contribution in [0.2, 0.25) is 0 Å². The van der Waals surface area contributed by atoms with E-state index in [0.29, 0.717) is 17.1 Å². The Morgan fingerprint density at radius 1 is 1.00 bits per heavy atom. The van der Waals surface area contributed by atoms with Crippen LogP contribution in [0.15, 0.2) is 36.7 Å². The molecule has 0 aliphatic rings. The van der Waals surface area contributed by atoms with Gasteiger partial charge in [-0.05, 0) is 12.1 Å². The van der Waals surface area contributed by atoms with Gasteiger partial charge in [-0.1, -0.05) is 12.1 Å². The Hall–Kier alpha value is -2.92. The monoisotopic (exact) mass is 221 g/mol. The Bertz CT molecular complexity index is 604. The molecule has 0 aliphatic heterocycles. The molecule has 0 radical (unpaired) electrons. The molecule has 1 N–H and O–H groups in total. The molecule has 1 aromatic carbocycles. The maximum absolute atomic E-state index is 8.91. The Balaban J connectivity index is 2.26. The van der Waals surface area contributed by atoms with Gasteiger partial charge in [0.1, 0.15) is 18.0 Å². The summed E-state index contributed by atoms with van der Waals surface area (Å²) in [6.45, 7) is 0. The molecule has 5 nitrogen and oxygen atoms in total. The summed E-state index contributed by atoms with van der Waals surface area (Å²) in [7, 11) is 0. The van der Waals surface area contributed by atoms with Crippen LogP contribution in [0.5, 0.6) is 0 Å². The molecule has 1 heterocycles. The van der Waals surface area contributed by atoms with Gasteiger partial charge in [0, 0.05) is 0 Å². The zero-order chi connectivity index (χ0) is 12.1. The van der Waals surface area contributed by atoms with Gasteiger partial charge in [0.25, 0.3) is 0 Å². The lowest BCUT2D eigenvalue weighted by Crippen LogP contribution is -1.97. The van der Waals surface area contributed by atoms with Gasteiger partial charge in [0.15, 0.2) is 5.69 Å². The van der Waals surface area contributed by atoms with Crippen LogP contribution in [0.4, 0.5) is 11.5 Å². The number of nitrogens with zero attached hydrogens (tertiary/aromatic N) is 4. The highest BCUT2D eigenvalue weighted by molar-refractivity contribution is 5.63. The first kappa shape index (κ1) is 10.6. The number of benzene rings is 1. The summed E-state index contributed by atoms with van der Waals surface area (Å²) in [5, 5.41) is 20.5. The van der Waals surface area contributed by atoms with Crippen LogP contribution in [0.25, 0.3) is 0 Å². The van der Waals surface area contributed by atoms with E-state index >= 15 is 0 Å². The quantitative estimate of drug-likeness (QED) is 0.837. The minimum atomic E-state index is 0.254. The van der Waals surface area contributed by atoms with E-state index in [1.54, 1.807) is 18.2 Å². The van der Waals surface area contributed by atoms with Gasteiger partial charge in [-0.25, -0.2) is 9.97 Å². The minimum absolute atomic E-state index is 0.254. The van der Waals surface area contributed by atoms with Crippen molar-refractivity contribution in [1.82, 2.24) is 9.97 Å². The highest BCUT2D eigenvalue weighted by Crippen LogP contribution is 2.17. The van der Waals surface area contributed by atoms with Gasteiger partial charge in [-0.3, -0.25) is 0 Å². The third-order valence-electron chi connectivity index (χ3n) is 2.08. The summed E-state index contributed by atoms with van der Waals surface area (Å²) in [5.41, 5.74) is 1.44. The second-order valence-corrected chi connectivity index (χ2v) is 3.18. The number of hydrogen-bond donors (Lipinski definition) is 1. The van der Waals surface area contributed by atoms with E-state index in [4.69, 9.17) is 10.5 Å². The summed E-state index contributed by atoms with van der Waals surface area (Å²) in [6.07, 6.45) is 2.82. The number of aromatic nitrogens is 2. The molecular formula is C12H7N5. The van der Waals surface area contributed by atoms with Gasteiger partial charge in [-0.2, -0.15) is 10.5 Å². The number of nitrogens with one attached hydrogen (secondary N) is 1. The molecule has 0 bridgehead atoms. The van der Waals surface area contributed by atoms with Crippen molar-refractivity contribution in [3.05, 3.63) is 47.9 Å². The van der Waals surface area contributed by atoms with Crippen molar-refractivity contribution in [2.24, 2.45) is 0 Å². The fourth-order valence-corrected chi connectivity index (χ4v) is 1.28. The number of para-hydroxylation sites is 1. The molecule has 5 heteroatoms. The lowest BCUT2D eigenvalue weighted by atomic mass is 10.2. The van der Waals surface area contributed by atoms with Crippen molar-refractivity contribution in [1.29, 1.82) is 10.5 Å². The topological polar surface area (TPSA) is 85.4 Å². The van der Waals surface area contributed by atoms with Crippen molar-refractivity contribution >= 4 is 11.5 Å². The van der Waals surface area contributed by atoms with Crippen LogP contribution >= 0.6 is 0 Å². The van der Waals surface area contributed by atoms with Gasteiger partial charge in [0.05, 0.1) is 23.6 Å². The van der Waals surface area contributed by atoms with Gasteiger partial charge in [-0.15, -0.1) is 0 Å². The molecule has 0 amide bonds. The first-order chi connectivity index (χ1) is 8.33. The van der Waals surface area contributed by atoms with E-state index < -0.39 is 0 Å². The molecule has 0 saturated heterocycles. The summed E-state index contributed by atoms with van der Waals surface area (Å²) < 4.78 is 0. The van der Waals surface area contributed by atoms with Crippen molar-refractivity contribution in [3.63, 3.8) is 0 Å². The normalized spacial score (nSPS) is 9.06. The smallest absolute Gasteiger partial charge is 0.158 e. The van der Waals surface area contributed by atoms with E-state index in [1.165, 1.54) is 12.4 Å². The Morgan fingerprint density at radius 3 is 2.47 bits per heavy atom. The van der Waals surface area contributed by atoms with Crippen LogP contribution in [0.1, 0.15) is 11.3 Å². The van der Waals surface area contributed by atoms with E-state index in [-0.39, 0.29) is 5.69 Å². The van der Waals surface area contributed by atoms with E-state index in [9.17, 15) is 0 Å². The first-order valence-corrected chi connectivity index (χ1v) is 4.82. The number of rotatable bonds is 2. The molecule has 17 heavy (non-hydrogen) atoms. The summed E-state index contributed by atoms with van der Waals surface area (Å²) >= 11 is 0. The molecule has 2 rings (SSSR count). The molecule has 0 unspecified atom stereocenters. The predicted octanol–water partition coefficient (Wildman–Crippen LogP) is 1.96. The van der Waals surface area contributed by atoms with Crippen LogP contribution in [-0.4, -0.2) is 9.97 Å². The van der Waals surface area contributed by atoms with Crippen LogP contribution in [0, 0.1) is 22.7 Å². The molecule has 0 aliphatic carbocycles. The lowest BCUT2D eigenvalue weighted by molar-refractivity contribution is 1.16. The molecule has 0 fully saturated rings. The fraction of sp³-hybridized carbons (Fsp3) is 0. The number of hydrogen-bond acceptors (Lipinski definition) is 5. The maximum atomic E-state index is 8.91. The van der Waals surface area contributed by atoms with Gasteiger partial charge in [0.2, 0.25) is 0 Å². The average Bonchev–Trinajstić information content (AvgIpc) is 2.40. The second kappa shape index (κ2) is 4.73. The standard InChI is InChI=1S/C12H7N5/c13-5-9-3-1-2-4-11(9)17-12-8-15-10(6-14)7-16-12/h1-4,7-8H,(H,16,17). The Labute approximate surface area is 98.0 Å². The van der Waals surface area contributed by atoms with E-state index in [1.807, 2.05) is 12.1 Å². The highest BCUT2D eigenvalue weighted by atomic mass is 15.0. The summed E-state index contributed by atoms with van der Waals surface area (Å²) in [4.78, 5) is 7.89. The predicted molar refractivity (Wildman–Crippen MR) is 61.2 cm³/mol. The Kier molecular flexibility index (Phi) is 2.95. The first-order valence-electron chi connectivity index (χ1n) is 4.82. The zero-order valence-electron chi connectivity index (χ0n) is 8.75. The molecular weight excluding hydrogens is 214 g/mol. The molecule has 2 aromatic rings. The zero-order valence-corrected chi connectivity index (χ0v) is 8.75. The van der Waals surface area contributed by atoms with E-state index in [0.717, 1.165) is 0 Å². The minimum Gasteiger partial charge on any atom is -0.338 e. The SMILES string of the molecule is N#Cc1cnc(Nc2ccccc2C#N)cn1. The third kappa shape index (κ3) is 2.36. The number of anilines is 2. The highest BCUT2D eigenvalue weighted by Gasteiger charge is 2.02. The maximum Gasteiger partial charge on any atom is 0.158 e. The van der Waals surface area contributed by atoms with E-state index in [2.05, 4.69) is 21.4 Å². The molecule has 80 valence electrons. The molecule has 0 spiro atoms. The Morgan fingerprint density at radius 2 is 1.82 bits per heavy atom.